The fourth-order valence-corrected chi connectivity index (χ4v) is 2.97. The van der Waals surface area contributed by atoms with Crippen LogP contribution in [0.4, 0.5) is 0 Å². The van der Waals surface area contributed by atoms with Crippen molar-refractivity contribution in [2.45, 2.75) is 32.1 Å². The number of hydrogen-bond acceptors (Lipinski definition) is 3. The third-order valence-electron chi connectivity index (χ3n) is 3.06. The lowest BCUT2D eigenvalue weighted by Crippen LogP contribution is -2.34. The molecule has 1 atom stereocenters. The number of carbonyl (C=O) groups is 1. The minimum absolute atomic E-state index is 0.143. The summed E-state index contributed by atoms with van der Waals surface area (Å²) in [5.41, 5.74) is -0.719. The van der Waals surface area contributed by atoms with Gasteiger partial charge in [0.1, 0.15) is 5.41 Å². The van der Waals surface area contributed by atoms with Crippen LogP contribution in [0.3, 0.4) is 0 Å². The quantitative estimate of drug-likeness (QED) is 0.767. The Morgan fingerprint density at radius 3 is 3.00 bits per heavy atom. The fraction of sp³-hybridized carbons (Fsp3) is 0.500. The van der Waals surface area contributed by atoms with Gasteiger partial charge >= 0.3 is 0 Å². The van der Waals surface area contributed by atoms with Crippen molar-refractivity contribution >= 4 is 17.1 Å². The highest BCUT2D eigenvalue weighted by molar-refractivity contribution is 7.09. The first-order valence-electron chi connectivity index (χ1n) is 5.24. The normalized spacial score (nSPS) is 26.2. The molecule has 0 bridgehead atoms. The Balaban J connectivity index is 2.21. The molecule has 1 unspecified atom stereocenters. The van der Waals surface area contributed by atoms with E-state index in [2.05, 4.69) is 6.07 Å². The molecule has 1 heterocycles. The molecule has 1 aromatic rings. The van der Waals surface area contributed by atoms with Crippen LogP contribution in [0, 0.1) is 16.7 Å². The minimum atomic E-state index is -0.719. The molecule has 2 rings (SSSR count). The zero-order valence-electron chi connectivity index (χ0n) is 8.53. The Hall–Kier alpha value is -1.14. The molecule has 0 N–H and O–H groups in total. The molecule has 0 aromatic carbocycles. The Bertz CT molecular complexity index is 390. The number of Topliss-reactive ketones (excluding diaryl/α,β-unsaturated/α-hetero) is 1. The van der Waals surface area contributed by atoms with E-state index in [1.807, 2.05) is 17.5 Å². The van der Waals surface area contributed by atoms with Crippen molar-refractivity contribution < 1.29 is 4.79 Å². The van der Waals surface area contributed by atoms with Crippen LogP contribution < -0.4 is 0 Å². The van der Waals surface area contributed by atoms with Crippen LogP contribution in [0.25, 0.3) is 0 Å². The van der Waals surface area contributed by atoms with Gasteiger partial charge in [-0.2, -0.15) is 5.26 Å². The Labute approximate surface area is 93.5 Å². The highest BCUT2D eigenvalue weighted by Crippen LogP contribution is 2.36. The standard InChI is InChI=1S/C12H13NOS/c13-9-12(6-2-1-5-11(12)14)8-10-4-3-7-15-10/h3-4,7H,1-2,5-6,8H2. The van der Waals surface area contributed by atoms with Crippen LogP contribution in [-0.2, 0) is 11.2 Å². The molecule has 2 nitrogen and oxygen atoms in total. The number of nitrogens with zero attached hydrogens (tertiary/aromatic N) is 1. The molecule has 1 fully saturated rings. The third kappa shape index (κ3) is 1.95. The van der Waals surface area contributed by atoms with Gasteiger partial charge in [-0.1, -0.05) is 12.5 Å². The molecule has 0 amide bonds. The van der Waals surface area contributed by atoms with Crippen LogP contribution >= 0.6 is 11.3 Å². The maximum atomic E-state index is 11.9. The van der Waals surface area contributed by atoms with E-state index in [9.17, 15) is 10.1 Å². The van der Waals surface area contributed by atoms with Crippen LogP contribution in [0.15, 0.2) is 17.5 Å². The first-order valence-corrected chi connectivity index (χ1v) is 6.12. The zero-order valence-corrected chi connectivity index (χ0v) is 9.35. The summed E-state index contributed by atoms with van der Waals surface area (Å²) in [6.07, 6.45) is 3.89. The summed E-state index contributed by atoms with van der Waals surface area (Å²) in [5.74, 6) is 0.143. The van der Waals surface area contributed by atoms with Gasteiger partial charge in [-0.05, 0) is 24.3 Å². The highest BCUT2D eigenvalue weighted by Gasteiger charge is 2.40. The average molecular weight is 219 g/mol. The molecule has 1 aromatic heterocycles. The summed E-state index contributed by atoms with van der Waals surface area (Å²) in [4.78, 5) is 13.0. The molecule has 0 saturated heterocycles. The topological polar surface area (TPSA) is 40.9 Å². The first kappa shape index (κ1) is 10.4. The average Bonchev–Trinajstić information content (AvgIpc) is 2.74. The van der Waals surface area contributed by atoms with E-state index in [-0.39, 0.29) is 5.78 Å². The number of nitriles is 1. The third-order valence-corrected chi connectivity index (χ3v) is 3.94. The number of carbonyl (C=O) groups excluding carboxylic acids is 1. The summed E-state index contributed by atoms with van der Waals surface area (Å²) < 4.78 is 0. The molecule has 1 saturated carbocycles. The van der Waals surface area contributed by atoms with Crippen LogP contribution in [-0.4, -0.2) is 5.78 Å². The van der Waals surface area contributed by atoms with Gasteiger partial charge in [0, 0.05) is 17.7 Å². The van der Waals surface area contributed by atoms with Gasteiger partial charge in [-0.25, -0.2) is 0 Å². The maximum absolute atomic E-state index is 11.9. The first-order chi connectivity index (χ1) is 7.27. The van der Waals surface area contributed by atoms with E-state index in [0.29, 0.717) is 12.8 Å². The van der Waals surface area contributed by atoms with Gasteiger partial charge in [0.05, 0.1) is 6.07 Å². The lowest BCUT2D eigenvalue weighted by atomic mass is 9.71. The van der Waals surface area contributed by atoms with Crippen molar-refractivity contribution in [1.29, 1.82) is 5.26 Å². The second kappa shape index (κ2) is 4.16. The van der Waals surface area contributed by atoms with Crippen LogP contribution in [0.1, 0.15) is 30.6 Å². The van der Waals surface area contributed by atoms with Gasteiger partial charge < -0.3 is 0 Å². The molecule has 1 aliphatic rings. The highest BCUT2D eigenvalue weighted by atomic mass is 32.1. The van der Waals surface area contributed by atoms with E-state index in [1.54, 1.807) is 11.3 Å². The van der Waals surface area contributed by atoms with Crippen molar-refractivity contribution in [3.8, 4) is 6.07 Å². The SMILES string of the molecule is N#CC1(Cc2cccs2)CCCCC1=O. The minimum Gasteiger partial charge on any atom is -0.298 e. The smallest absolute Gasteiger partial charge is 0.153 e. The molecule has 78 valence electrons. The summed E-state index contributed by atoms with van der Waals surface area (Å²) >= 11 is 1.63. The summed E-state index contributed by atoms with van der Waals surface area (Å²) in [6, 6.07) is 6.24. The zero-order chi connectivity index (χ0) is 10.7. The predicted octanol–water partition coefficient (Wildman–Crippen LogP) is 2.94. The monoisotopic (exact) mass is 219 g/mol. The maximum Gasteiger partial charge on any atom is 0.153 e. The van der Waals surface area contributed by atoms with E-state index in [1.165, 1.54) is 0 Å². The van der Waals surface area contributed by atoms with Crippen molar-refractivity contribution in [1.82, 2.24) is 0 Å². The summed E-state index contributed by atoms with van der Waals surface area (Å²) in [7, 11) is 0. The summed E-state index contributed by atoms with van der Waals surface area (Å²) in [5, 5.41) is 11.2. The molecule has 0 spiro atoms. The number of ketones is 1. The van der Waals surface area contributed by atoms with E-state index in [0.717, 1.165) is 24.1 Å². The fourth-order valence-electron chi connectivity index (χ4n) is 2.15. The van der Waals surface area contributed by atoms with E-state index >= 15 is 0 Å². The second-order valence-electron chi connectivity index (χ2n) is 4.08. The molecule has 0 radical (unpaired) electrons. The number of thiophene rings is 1. The largest absolute Gasteiger partial charge is 0.298 e. The molecule has 0 aliphatic heterocycles. The van der Waals surface area contributed by atoms with Crippen LogP contribution in [0.2, 0.25) is 0 Å². The van der Waals surface area contributed by atoms with Crippen molar-refractivity contribution in [2.75, 3.05) is 0 Å². The van der Waals surface area contributed by atoms with Gasteiger partial charge in [0.25, 0.3) is 0 Å². The van der Waals surface area contributed by atoms with Crippen molar-refractivity contribution in [3.05, 3.63) is 22.4 Å². The molecular weight excluding hydrogens is 206 g/mol. The Morgan fingerprint density at radius 2 is 2.40 bits per heavy atom. The Kier molecular flexibility index (Phi) is 2.88. The predicted molar refractivity (Wildman–Crippen MR) is 59.5 cm³/mol. The molecule has 15 heavy (non-hydrogen) atoms. The Morgan fingerprint density at radius 1 is 1.53 bits per heavy atom. The number of hydrogen-bond donors (Lipinski definition) is 0. The second-order valence-corrected chi connectivity index (χ2v) is 5.11. The van der Waals surface area contributed by atoms with Gasteiger partial charge in [-0.3, -0.25) is 4.79 Å². The van der Waals surface area contributed by atoms with E-state index < -0.39 is 5.41 Å². The molecule has 1 aliphatic carbocycles. The molecular formula is C12H13NOS. The van der Waals surface area contributed by atoms with E-state index in [4.69, 9.17) is 0 Å². The van der Waals surface area contributed by atoms with Crippen LogP contribution in [0.5, 0.6) is 0 Å². The summed E-state index contributed by atoms with van der Waals surface area (Å²) in [6.45, 7) is 0. The van der Waals surface area contributed by atoms with Crippen molar-refractivity contribution in [2.24, 2.45) is 5.41 Å². The van der Waals surface area contributed by atoms with Gasteiger partial charge in [-0.15, -0.1) is 11.3 Å². The van der Waals surface area contributed by atoms with Gasteiger partial charge in [0.15, 0.2) is 5.78 Å². The molecule has 3 heteroatoms. The van der Waals surface area contributed by atoms with Crippen molar-refractivity contribution in [3.63, 3.8) is 0 Å². The number of rotatable bonds is 2. The van der Waals surface area contributed by atoms with Gasteiger partial charge in [0.2, 0.25) is 0 Å². The lowest BCUT2D eigenvalue weighted by Gasteiger charge is -2.28. The lowest BCUT2D eigenvalue weighted by molar-refractivity contribution is -0.128.